The molecule has 2 N–H and O–H groups in total. The van der Waals surface area contributed by atoms with Crippen LogP contribution < -0.4 is 10.6 Å². The van der Waals surface area contributed by atoms with Crippen molar-refractivity contribution < 1.29 is 22.4 Å². The minimum Gasteiger partial charge on any atom is -0.365 e. The van der Waals surface area contributed by atoms with E-state index in [2.05, 4.69) is 20.6 Å². The van der Waals surface area contributed by atoms with Crippen molar-refractivity contribution in [2.75, 3.05) is 10.6 Å². The number of nitrogens with one attached hydrogen (secondary N) is 2. The lowest BCUT2D eigenvalue weighted by Gasteiger charge is -2.13. The SMILES string of the molecule is O=C(Nc1ccccc1C(F)(F)F)c1cnc(NCc2ccc(F)cc2)cn1. The smallest absolute Gasteiger partial charge is 0.365 e. The van der Waals surface area contributed by atoms with E-state index in [0.29, 0.717) is 12.4 Å². The molecule has 3 aromatic rings. The average Bonchev–Trinajstić information content (AvgIpc) is 2.67. The predicted molar refractivity (Wildman–Crippen MR) is 95.2 cm³/mol. The third kappa shape index (κ3) is 4.81. The standard InChI is InChI=1S/C19H14F4N4O/c20-13-7-5-12(6-8-13)9-25-17-11-24-16(10-26-17)18(28)27-15-4-2-1-3-14(15)19(21,22)23/h1-8,10-11H,9H2,(H,25,26)(H,27,28). The van der Waals surface area contributed by atoms with Crippen molar-refractivity contribution in [1.82, 2.24) is 9.97 Å². The van der Waals surface area contributed by atoms with E-state index in [1.54, 1.807) is 12.1 Å². The number of amides is 1. The van der Waals surface area contributed by atoms with Crippen LogP contribution in [0.1, 0.15) is 21.6 Å². The molecule has 0 spiro atoms. The van der Waals surface area contributed by atoms with Crippen LogP contribution >= 0.6 is 0 Å². The largest absolute Gasteiger partial charge is 0.418 e. The van der Waals surface area contributed by atoms with Gasteiger partial charge < -0.3 is 10.6 Å². The first-order valence-corrected chi connectivity index (χ1v) is 8.11. The molecule has 1 aromatic heterocycles. The van der Waals surface area contributed by atoms with E-state index < -0.39 is 17.6 Å². The third-order valence-corrected chi connectivity index (χ3v) is 3.75. The molecule has 0 radical (unpaired) electrons. The van der Waals surface area contributed by atoms with Gasteiger partial charge in [-0.2, -0.15) is 13.2 Å². The van der Waals surface area contributed by atoms with Gasteiger partial charge in [0, 0.05) is 6.54 Å². The van der Waals surface area contributed by atoms with Crippen molar-refractivity contribution in [2.24, 2.45) is 0 Å². The number of benzene rings is 2. The minimum atomic E-state index is -4.59. The second-order valence-electron chi connectivity index (χ2n) is 5.76. The lowest BCUT2D eigenvalue weighted by atomic mass is 10.1. The second-order valence-corrected chi connectivity index (χ2v) is 5.76. The van der Waals surface area contributed by atoms with Crippen LogP contribution in [0.15, 0.2) is 60.9 Å². The van der Waals surface area contributed by atoms with Crippen molar-refractivity contribution in [3.8, 4) is 0 Å². The first kappa shape index (κ1) is 19.3. The number of carbonyl (C=O) groups excluding carboxylic acids is 1. The fraction of sp³-hybridized carbons (Fsp3) is 0.105. The van der Waals surface area contributed by atoms with Gasteiger partial charge in [-0.15, -0.1) is 0 Å². The van der Waals surface area contributed by atoms with Gasteiger partial charge in [0.05, 0.1) is 23.6 Å². The van der Waals surface area contributed by atoms with Crippen molar-refractivity contribution in [3.63, 3.8) is 0 Å². The molecule has 3 rings (SSSR count). The van der Waals surface area contributed by atoms with Gasteiger partial charge in [0.2, 0.25) is 0 Å². The molecule has 1 amide bonds. The summed E-state index contributed by atoms with van der Waals surface area (Å²) in [7, 11) is 0. The number of anilines is 2. The number of hydrogen-bond donors (Lipinski definition) is 2. The number of rotatable bonds is 5. The van der Waals surface area contributed by atoms with Crippen LogP contribution in [0.3, 0.4) is 0 Å². The second kappa shape index (κ2) is 8.03. The maximum absolute atomic E-state index is 13.0. The molecular weight excluding hydrogens is 376 g/mol. The van der Waals surface area contributed by atoms with Crippen molar-refractivity contribution in [2.45, 2.75) is 12.7 Å². The van der Waals surface area contributed by atoms with Gasteiger partial charge >= 0.3 is 6.18 Å². The highest BCUT2D eigenvalue weighted by atomic mass is 19.4. The molecule has 28 heavy (non-hydrogen) atoms. The van der Waals surface area contributed by atoms with Gasteiger partial charge in [0.15, 0.2) is 0 Å². The van der Waals surface area contributed by atoms with Crippen LogP contribution in [-0.2, 0) is 12.7 Å². The van der Waals surface area contributed by atoms with E-state index in [1.165, 1.54) is 30.5 Å². The molecule has 0 bridgehead atoms. The molecule has 9 heteroatoms. The zero-order valence-corrected chi connectivity index (χ0v) is 14.3. The summed E-state index contributed by atoms with van der Waals surface area (Å²) < 4.78 is 51.9. The summed E-state index contributed by atoms with van der Waals surface area (Å²) in [5, 5.41) is 5.15. The molecular formula is C19H14F4N4O. The molecule has 0 aliphatic rings. The van der Waals surface area contributed by atoms with Crippen LogP contribution in [0.5, 0.6) is 0 Å². The van der Waals surface area contributed by atoms with E-state index in [9.17, 15) is 22.4 Å². The first-order chi connectivity index (χ1) is 13.3. The van der Waals surface area contributed by atoms with Crippen LogP contribution in [0.4, 0.5) is 29.1 Å². The summed E-state index contributed by atoms with van der Waals surface area (Å²) >= 11 is 0. The Hall–Kier alpha value is -3.49. The maximum Gasteiger partial charge on any atom is 0.418 e. The highest BCUT2D eigenvalue weighted by Gasteiger charge is 2.33. The molecule has 144 valence electrons. The summed E-state index contributed by atoms with van der Waals surface area (Å²) in [6.45, 7) is 0.361. The molecule has 0 saturated heterocycles. The van der Waals surface area contributed by atoms with Crippen molar-refractivity contribution in [1.29, 1.82) is 0 Å². The van der Waals surface area contributed by atoms with Crippen LogP contribution in [0, 0.1) is 5.82 Å². The number of alkyl halides is 3. The summed E-state index contributed by atoms with van der Waals surface area (Å²) in [6.07, 6.45) is -2.16. The monoisotopic (exact) mass is 390 g/mol. The van der Waals surface area contributed by atoms with Gasteiger partial charge in [-0.3, -0.25) is 4.79 Å². The molecule has 0 atom stereocenters. The van der Waals surface area contributed by atoms with Gasteiger partial charge in [0.1, 0.15) is 17.3 Å². The van der Waals surface area contributed by atoms with E-state index in [4.69, 9.17) is 0 Å². The summed E-state index contributed by atoms with van der Waals surface area (Å²) in [5.74, 6) is -0.795. The number of hydrogen-bond acceptors (Lipinski definition) is 4. The first-order valence-electron chi connectivity index (χ1n) is 8.11. The Morgan fingerprint density at radius 3 is 2.32 bits per heavy atom. The topological polar surface area (TPSA) is 66.9 Å². The van der Waals surface area contributed by atoms with E-state index >= 15 is 0 Å². The summed E-state index contributed by atoms with van der Waals surface area (Å²) in [6, 6.07) is 10.5. The molecule has 0 fully saturated rings. The van der Waals surface area contributed by atoms with Gasteiger partial charge in [-0.1, -0.05) is 24.3 Å². The molecule has 5 nitrogen and oxygen atoms in total. The van der Waals surface area contributed by atoms with Crippen LogP contribution in [0.25, 0.3) is 0 Å². The summed E-state index contributed by atoms with van der Waals surface area (Å²) in [4.78, 5) is 20.1. The number of aromatic nitrogens is 2. The number of nitrogens with zero attached hydrogens (tertiary/aromatic N) is 2. The highest BCUT2D eigenvalue weighted by molar-refractivity contribution is 6.03. The Morgan fingerprint density at radius 2 is 1.68 bits per heavy atom. The van der Waals surface area contributed by atoms with Gasteiger partial charge in [-0.25, -0.2) is 14.4 Å². The fourth-order valence-corrected chi connectivity index (χ4v) is 2.36. The number of para-hydroxylation sites is 1. The number of halogens is 4. The molecule has 2 aromatic carbocycles. The average molecular weight is 390 g/mol. The van der Waals surface area contributed by atoms with Crippen molar-refractivity contribution >= 4 is 17.4 Å². The Kier molecular flexibility index (Phi) is 5.53. The van der Waals surface area contributed by atoms with Crippen molar-refractivity contribution in [3.05, 3.63) is 83.6 Å². The molecule has 0 aliphatic heterocycles. The maximum atomic E-state index is 13.0. The Morgan fingerprint density at radius 1 is 0.964 bits per heavy atom. The Balaban J connectivity index is 1.65. The van der Waals surface area contributed by atoms with E-state index in [1.807, 2.05) is 0 Å². The predicted octanol–water partition coefficient (Wildman–Crippen LogP) is 4.50. The van der Waals surface area contributed by atoms with E-state index in [-0.39, 0.29) is 17.2 Å². The molecule has 0 aliphatic carbocycles. The van der Waals surface area contributed by atoms with Crippen LogP contribution in [0.2, 0.25) is 0 Å². The van der Waals surface area contributed by atoms with Gasteiger partial charge in [0.25, 0.3) is 5.91 Å². The van der Waals surface area contributed by atoms with Crippen LogP contribution in [-0.4, -0.2) is 15.9 Å². The molecule has 0 unspecified atom stereocenters. The number of carbonyl (C=O) groups is 1. The minimum absolute atomic E-state index is 0.135. The summed E-state index contributed by atoms with van der Waals surface area (Å²) in [5.41, 5.74) is -0.632. The van der Waals surface area contributed by atoms with E-state index in [0.717, 1.165) is 23.9 Å². The quantitative estimate of drug-likeness (QED) is 0.630. The lowest BCUT2D eigenvalue weighted by Crippen LogP contribution is -2.18. The third-order valence-electron chi connectivity index (χ3n) is 3.75. The molecule has 1 heterocycles. The normalized spacial score (nSPS) is 11.1. The fourth-order valence-electron chi connectivity index (χ4n) is 2.36. The highest BCUT2D eigenvalue weighted by Crippen LogP contribution is 2.34. The van der Waals surface area contributed by atoms with Gasteiger partial charge in [-0.05, 0) is 29.8 Å². The zero-order valence-electron chi connectivity index (χ0n) is 14.3. The zero-order chi connectivity index (χ0) is 20.1. The Bertz CT molecular complexity index is 957. The lowest BCUT2D eigenvalue weighted by molar-refractivity contribution is -0.136. The molecule has 0 saturated carbocycles. The Labute approximate surface area is 157 Å².